The van der Waals surface area contributed by atoms with Gasteiger partial charge in [-0.05, 0) is 36.6 Å². The van der Waals surface area contributed by atoms with Crippen molar-refractivity contribution in [3.05, 3.63) is 65.2 Å². The van der Waals surface area contributed by atoms with Crippen LogP contribution in [-0.4, -0.2) is 6.36 Å². The Balaban J connectivity index is 2.01. The van der Waals surface area contributed by atoms with Crippen molar-refractivity contribution >= 4 is 0 Å². The van der Waals surface area contributed by atoms with Crippen LogP contribution >= 0.6 is 0 Å². The molecule has 0 aliphatic heterocycles. The second kappa shape index (κ2) is 6.18. The summed E-state index contributed by atoms with van der Waals surface area (Å²) in [5, 5.41) is 0. The first-order chi connectivity index (χ1) is 9.83. The van der Waals surface area contributed by atoms with Gasteiger partial charge in [0, 0.05) is 6.04 Å². The van der Waals surface area contributed by atoms with Gasteiger partial charge in [0.15, 0.2) is 0 Å². The highest BCUT2D eigenvalue weighted by Gasteiger charge is 2.30. The van der Waals surface area contributed by atoms with Crippen molar-refractivity contribution in [3.8, 4) is 5.75 Å². The van der Waals surface area contributed by atoms with Gasteiger partial charge in [0.1, 0.15) is 5.75 Å². The number of rotatable bonds is 4. The summed E-state index contributed by atoms with van der Waals surface area (Å²) in [5.41, 5.74) is 9.11. The summed E-state index contributed by atoms with van der Waals surface area (Å²) in [6.45, 7) is 1.99. The predicted molar refractivity (Wildman–Crippen MR) is 74.9 cm³/mol. The van der Waals surface area contributed by atoms with Crippen molar-refractivity contribution in [2.45, 2.75) is 25.7 Å². The quantitative estimate of drug-likeness (QED) is 0.920. The molecule has 2 aromatic rings. The van der Waals surface area contributed by atoms with Gasteiger partial charge in [0.05, 0.1) is 0 Å². The number of nitrogens with two attached hydrogens (primary N) is 1. The van der Waals surface area contributed by atoms with Gasteiger partial charge in [0.25, 0.3) is 0 Å². The minimum atomic E-state index is -4.67. The molecule has 0 bridgehead atoms. The molecule has 1 unspecified atom stereocenters. The summed E-state index contributed by atoms with van der Waals surface area (Å²) in [4.78, 5) is 0. The van der Waals surface area contributed by atoms with E-state index in [1.54, 1.807) is 12.1 Å². The lowest BCUT2D eigenvalue weighted by Gasteiger charge is -2.13. The molecule has 5 heteroatoms. The van der Waals surface area contributed by atoms with Crippen molar-refractivity contribution in [3.63, 3.8) is 0 Å². The highest BCUT2D eigenvalue weighted by Crippen LogP contribution is 2.24. The fourth-order valence-electron chi connectivity index (χ4n) is 2.01. The average Bonchev–Trinajstić information content (AvgIpc) is 2.40. The number of hydrogen-bond acceptors (Lipinski definition) is 2. The molecule has 0 aliphatic rings. The van der Waals surface area contributed by atoms with E-state index in [0.29, 0.717) is 6.42 Å². The Morgan fingerprint density at radius 1 is 1.00 bits per heavy atom. The third-order valence-corrected chi connectivity index (χ3v) is 3.12. The van der Waals surface area contributed by atoms with Crippen LogP contribution in [0, 0.1) is 6.92 Å². The van der Waals surface area contributed by atoms with Gasteiger partial charge in [-0.3, -0.25) is 0 Å². The standard InChI is InChI=1S/C16H16F3NO/c1-11-2-6-13(7-3-11)15(20)10-12-4-8-14(9-5-12)21-16(17,18)19/h2-9,15H,10,20H2,1H3. The molecule has 0 aliphatic carbocycles. The third kappa shape index (κ3) is 4.79. The normalized spacial score (nSPS) is 13.0. The van der Waals surface area contributed by atoms with Gasteiger partial charge in [0.2, 0.25) is 0 Å². The zero-order valence-electron chi connectivity index (χ0n) is 11.5. The maximum Gasteiger partial charge on any atom is 0.573 e. The second-order valence-corrected chi connectivity index (χ2v) is 4.91. The van der Waals surface area contributed by atoms with Gasteiger partial charge in [-0.25, -0.2) is 0 Å². The minimum absolute atomic E-state index is 0.194. The lowest BCUT2D eigenvalue weighted by Crippen LogP contribution is -2.17. The Morgan fingerprint density at radius 3 is 2.10 bits per heavy atom. The molecule has 0 aromatic heterocycles. The molecule has 2 nitrogen and oxygen atoms in total. The largest absolute Gasteiger partial charge is 0.573 e. The van der Waals surface area contributed by atoms with Gasteiger partial charge in [-0.1, -0.05) is 42.0 Å². The highest BCUT2D eigenvalue weighted by molar-refractivity contribution is 5.30. The topological polar surface area (TPSA) is 35.2 Å². The second-order valence-electron chi connectivity index (χ2n) is 4.91. The third-order valence-electron chi connectivity index (χ3n) is 3.12. The van der Waals surface area contributed by atoms with Crippen molar-refractivity contribution in [2.24, 2.45) is 5.73 Å². The summed E-state index contributed by atoms with van der Waals surface area (Å²) in [7, 11) is 0. The van der Waals surface area contributed by atoms with Gasteiger partial charge >= 0.3 is 6.36 Å². The van der Waals surface area contributed by atoms with E-state index < -0.39 is 6.36 Å². The van der Waals surface area contributed by atoms with E-state index in [2.05, 4.69) is 4.74 Å². The van der Waals surface area contributed by atoms with Gasteiger partial charge < -0.3 is 10.5 Å². The molecule has 0 fully saturated rings. The fourth-order valence-corrected chi connectivity index (χ4v) is 2.01. The molecule has 2 N–H and O–H groups in total. The van der Waals surface area contributed by atoms with Crippen LogP contribution in [-0.2, 0) is 6.42 Å². The molecular formula is C16H16F3NO. The lowest BCUT2D eigenvalue weighted by molar-refractivity contribution is -0.274. The van der Waals surface area contributed by atoms with Crippen LogP contribution in [0.4, 0.5) is 13.2 Å². The van der Waals surface area contributed by atoms with Crippen LogP contribution in [0.25, 0.3) is 0 Å². The van der Waals surface area contributed by atoms with E-state index >= 15 is 0 Å². The van der Waals surface area contributed by atoms with Gasteiger partial charge in [-0.15, -0.1) is 13.2 Å². The Kier molecular flexibility index (Phi) is 4.53. The van der Waals surface area contributed by atoms with Crippen molar-refractivity contribution in [1.29, 1.82) is 0 Å². The number of ether oxygens (including phenoxy) is 1. The maximum absolute atomic E-state index is 12.1. The van der Waals surface area contributed by atoms with Crippen LogP contribution < -0.4 is 10.5 Å². The van der Waals surface area contributed by atoms with E-state index in [-0.39, 0.29) is 11.8 Å². The number of hydrogen-bond donors (Lipinski definition) is 1. The minimum Gasteiger partial charge on any atom is -0.406 e. The highest BCUT2D eigenvalue weighted by atomic mass is 19.4. The maximum atomic E-state index is 12.1. The number of aryl methyl sites for hydroxylation is 1. The van der Waals surface area contributed by atoms with Crippen LogP contribution in [0.1, 0.15) is 22.7 Å². The zero-order chi connectivity index (χ0) is 15.5. The van der Waals surface area contributed by atoms with Crippen LogP contribution in [0.2, 0.25) is 0 Å². The first-order valence-electron chi connectivity index (χ1n) is 6.50. The Hall–Kier alpha value is -2.01. The molecule has 0 heterocycles. The van der Waals surface area contributed by atoms with E-state index in [1.165, 1.54) is 12.1 Å². The number of halogens is 3. The number of alkyl halides is 3. The van der Waals surface area contributed by atoms with Gasteiger partial charge in [-0.2, -0.15) is 0 Å². The van der Waals surface area contributed by atoms with Crippen LogP contribution in [0.15, 0.2) is 48.5 Å². The lowest BCUT2D eigenvalue weighted by atomic mass is 9.99. The summed E-state index contributed by atoms with van der Waals surface area (Å²) < 4.78 is 40.0. The summed E-state index contributed by atoms with van der Waals surface area (Å²) in [6.07, 6.45) is -4.12. The number of benzene rings is 2. The van der Waals surface area contributed by atoms with Crippen LogP contribution in [0.3, 0.4) is 0 Å². The van der Waals surface area contributed by atoms with Crippen molar-refractivity contribution in [1.82, 2.24) is 0 Å². The van der Waals surface area contributed by atoms with E-state index in [9.17, 15) is 13.2 Å². The SMILES string of the molecule is Cc1ccc(C(N)Cc2ccc(OC(F)(F)F)cc2)cc1. The molecule has 0 saturated carbocycles. The summed E-state index contributed by atoms with van der Waals surface area (Å²) >= 11 is 0. The molecule has 2 rings (SSSR count). The summed E-state index contributed by atoms with van der Waals surface area (Å²) in [6, 6.07) is 13.5. The molecule has 21 heavy (non-hydrogen) atoms. The molecule has 112 valence electrons. The Labute approximate surface area is 121 Å². The fraction of sp³-hybridized carbons (Fsp3) is 0.250. The van der Waals surface area contributed by atoms with E-state index in [1.807, 2.05) is 31.2 Å². The zero-order valence-corrected chi connectivity index (χ0v) is 11.5. The van der Waals surface area contributed by atoms with E-state index in [0.717, 1.165) is 16.7 Å². The molecular weight excluding hydrogens is 279 g/mol. The Morgan fingerprint density at radius 2 is 1.57 bits per heavy atom. The molecule has 1 atom stereocenters. The van der Waals surface area contributed by atoms with Crippen molar-refractivity contribution < 1.29 is 17.9 Å². The Bertz CT molecular complexity index is 576. The molecule has 0 radical (unpaired) electrons. The monoisotopic (exact) mass is 295 g/mol. The van der Waals surface area contributed by atoms with E-state index in [4.69, 9.17) is 5.73 Å². The summed E-state index contributed by atoms with van der Waals surface area (Å²) in [5.74, 6) is -0.227. The van der Waals surface area contributed by atoms with Crippen molar-refractivity contribution in [2.75, 3.05) is 0 Å². The molecule has 0 spiro atoms. The first-order valence-corrected chi connectivity index (χ1v) is 6.50. The predicted octanol–water partition coefficient (Wildman–Crippen LogP) is 4.14. The molecule has 2 aromatic carbocycles. The smallest absolute Gasteiger partial charge is 0.406 e. The molecule has 0 saturated heterocycles. The van der Waals surface area contributed by atoms with Crippen LogP contribution in [0.5, 0.6) is 5.75 Å². The molecule has 0 amide bonds. The average molecular weight is 295 g/mol. The first kappa shape index (κ1) is 15.4.